The third kappa shape index (κ3) is 3.19. The lowest BCUT2D eigenvalue weighted by Crippen LogP contribution is -2.10. The van der Waals surface area contributed by atoms with Gasteiger partial charge in [-0.2, -0.15) is 0 Å². The summed E-state index contributed by atoms with van der Waals surface area (Å²) in [6, 6.07) is 1.39. The smallest absolute Gasteiger partial charge is 0.311 e. The van der Waals surface area contributed by atoms with Crippen molar-refractivity contribution in [3.8, 4) is 0 Å². The minimum atomic E-state index is -0.970. The van der Waals surface area contributed by atoms with Gasteiger partial charge in [0.2, 0.25) is 5.82 Å². The van der Waals surface area contributed by atoms with Gasteiger partial charge in [0.15, 0.2) is 0 Å². The van der Waals surface area contributed by atoms with Crippen molar-refractivity contribution in [2.45, 2.75) is 13.3 Å². The molecule has 0 spiro atoms. The van der Waals surface area contributed by atoms with Crippen LogP contribution in [0.2, 0.25) is 0 Å². The van der Waals surface area contributed by atoms with Crippen molar-refractivity contribution in [2.75, 3.05) is 11.9 Å². The number of carboxylic acid groups (broad SMARTS) is 1. The van der Waals surface area contributed by atoms with Crippen LogP contribution in [-0.2, 0) is 4.79 Å². The van der Waals surface area contributed by atoms with Gasteiger partial charge in [0.1, 0.15) is 0 Å². The number of carbonyl (C=O) groups is 1. The Morgan fingerprint density at radius 1 is 1.69 bits per heavy atom. The third-order valence-corrected chi connectivity index (χ3v) is 1.83. The largest absolute Gasteiger partial charge is 0.481 e. The highest BCUT2D eigenvalue weighted by atomic mass is 16.6. The van der Waals surface area contributed by atoms with Crippen LogP contribution in [0.15, 0.2) is 12.3 Å². The molecule has 0 amide bonds. The van der Waals surface area contributed by atoms with Gasteiger partial charge in [-0.3, -0.25) is 14.9 Å². The number of pyridine rings is 1. The van der Waals surface area contributed by atoms with Gasteiger partial charge >= 0.3 is 11.7 Å². The first-order valence-corrected chi connectivity index (χ1v) is 4.57. The van der Waals surface area contributed by atoms with E-state index in [0.717, 1.165) is 0 Å². The molecule has 2 N–H and O–H groups in total. The second kappa shape index (κ2) is 5.06. The number of aromatic nitrogens is 1. The number of nitrogens with zero attached hydrogens (tertiary/aromatic N) is 2. The van der Waals surface area contributed by atoms with Gasteiger partial charge in [0, 0.05) is 18.8 Å². The van der Waals surface area contributed by atoms with Crippen LogP contribution in [0.25, 0.3) is 0 Å². The molecule has 1 aromatic rings. The van der Waals surface area contributed by atoms with Gasteiger partial charge in [-0.25, -0.2) is 4.98 Å². The van der Waals surface area contributed by atoms with Gasteiger partial charge in [0.25, 0.3) is 0 Å². The third-order valence-electron chi connectivity index (χ3n) is 1.83. The molecule has 7 heteroatoms. The summed E-state index contributed by atoms with van der Waals surface area (Å²) in [6.45, 7) is 1.80. The maximum Gasteiger partial charge on any atom is 0.311 e. The highest BCUT2D eigenvalue weighted by molar-refractivity contribution is 5.67. The standard InChI is InChI=1S/C9H11N3O4/c1-6-4-7(12(15)16)9(11-5-6)10-3-2-8(13)14/h4-5H,2-3H2,1H3,(H,10,11)(H,13,14). The molecule has 0 fully saturated rings. The van der Waals surface area contributed by atoms with Crippen molar-refractivity contribution in [1.29, 1.82) is 0 Å². The van der Waals surface area contributed by atoms with E-state index >= 15 is 0 Å². The Morgan fingerprint density at radius 2 is 2.38 bits per heavy atom. The van der Waals surface area contributed by atoms with Crippen molar-refractivity contribution < 1.29 is 14.8 Å². The lowest BCUT2D eigenvalue weighted by Gasteiger charge is -2.04. The number of carboxylic acids is 1. The lowest BCUT2D eigenvalue weighted by atomic mass is 10.3. The molecule has 0 unspecified atom stereocenters. The Labute approximate surface area is 91.3 Å². The predicted molar refractivity (Wildman–Crippen MR) is 56.4 cm³/mol. The average molecular weight is 225 g/mol. The number of anilines is 1. The molecule has 0 saturated carbocycles. The van der Waals surface area contributed by atoms with Gasteiger partial charge in [0.05, 0.1) is 11.3 Å². The van der Waals surface area contributed by atoms with Crippen LogP contribution in [0.4, 0.5) is 11.5 Å². The topological polar surface area (TPSA) is 105 Å². The van der Waals surface area contributed by atoms with Crippen LogP contribution in [0.1, 0.15) is 12.0 Å². The van der Waals surface area contributed by atoms with E-state index < -0.39 is 10.9 Å². The zero-order valence-corrected chi connectivity index (χ0v) is 8.64. The van der Waals surface area contributed by atoms with E-state index in [2.05, 4.69) is 10.3 Å². The zero-order chi connectivity index (χ0) is 12.1. The number of hydrogen-bond donors (Lipinski definition) is 2. The number of aryl methyl sites for hydroxylation is 1. The van der Waals surface area contributed by atoms with E-state index in [9.17, 15) is 14.9 Å². The highest BCUT2D eigenvalue weighted by Gasteiger charge is 2.14. The Morgan fingerprint density at radius 3 is 2.94 bits per heavy atom. The fourth-order valence-corrected chi connectivity index (χ4v) is 1.12. The summed E-state index contributed by atoms with van der Waals surface area (Å²) in [5, 5.41) is 21.7. The number of hydrogen-bond acceptors (Lipinski definition) is 5. The molecular weight excluding hydrogens is 214 g/mol. The van der Waals surface area contributed by atoms with Crippen molar-refractivity contribution in [1.82, 2.24) is 4.98 Å². The van der Waals surface area contributed by atoms with Crippen LogP contribution >= 0.6 is 0 Å². The van der Waals surface area contributed by atoms with Crippen LogP contribution in [0, 0.1) is 17.0 Å². The van der Waals surface area contributed by atoms with E-state index in [4.69, 9.17) is 5.11 Å². The molecule has 0 aliphatic carbocycles. The first kappa shape index (κ1) is 11.9. The quantitative estimate of drug-likeness (QED) is 0.575. The molecule has 0 aliphatic rings. The Kier molecular flexibility index (Phi) is 3.76. The van der Waals surface area contributed by atoms with E-state index in [0.29, 0.717) is 5.56 Å². The SMILES string of the molecule is Cc1cnc(NCCC(=O)O)c([N+](=O)[O-])c1. The maximum atomic E-state index is 10.7. The van der Waals surface area contributed by atoms with Gasteiger partial charge < -0.3 is 10.4 Å². The first-order chi connectivity index (χ1) is 7.50. The van der Waals surface area contributed by atoms with E-state index in [1.807, 2.05) is 0 Å². The van der Waals surface area contributed by atoms with Crippen molar-refractivity contribution >= 4 is 17.5 Å². The second-order valence-electron chi connectivity index (χ2n) is 3.21. The van der Waals surface area contributed by atoms with E-state index in [-0.39, 0.29) is 24.5 Å². The molecule has 1 rings (SSSR count). The van der Waals surface area contributed by atoms with Gasteiger partial charge in [-0.1, -0.05) is 0 Å². The summed E-state index contributed by atoms with van der Waals surface area (Å²) < 4.78 is 0. The molecule has 1 heterocycles. The fourth-order valence-electron chi connectivity index (χ4n) is 1.12. The lowest BCUT2D eigenvalue weighted by molar-refractivity contribution is -0.384. The molecule has 0 saturated heterocycles. The molecule has 0 aromatic carbocycles. The molecule has 16 heavy (non-hydrogen) atoms. The second-order valence-corrected chi connectivity index (χ2v) is 3.21. The summed E-state index contributed by atoms with van der Waals surface area (Å²) in [7, 11) is 0. The highest BCUT2D eigenvalue weighted by Crippen LogP contribution is 2.22. The minimum absolute atomic E-state index is 0.0943. The molecule has 86 valence electrons. The fraction of sp³-hybridized carbons (Fsp3) is 0.333. The van der Waals surface area contributed by atoms with Crippen molar-refractivity contribution in [2.24, 2.45) is 0 Å². The van der Waals surface area contributed by atoms with Crippen LogP contribution < -0.4 is 5.32 Å². The number of nitrogens with one attached hydrogen (secondary N) is 1. The molecule has 0 aliphatic heterocycles. The summed E-state index contributed by atoms with van der Waals surface area (Å²) in [6.07, 6.45) is 1.36. The number of rotatable bonds is 5. The Balaban J connectivity index is 2.78. The number of aliphatic carboxylic acids is 1. The Hall–Kier alpha value is -2.18. The molecule has 1 aromatic heterocycles. The average Bonchev–Trinajstić information content (AvgIpc) is 2.19. The molecule has 0 radical (unpaired) electrons. The van der Waals surface area contributed by atoms with Gasteiger partial charge in [-0.15, -0.1) is 0 Å². The van der Waals surface area contributed by atoms with Crippen molar-refractivity contribution in [3.63, 3.8) is 0 Å². The summed E-state index contributed by atoms with van der Waals surface area (Å²) in [5.41, 5.74) is 0.529. The number of nitro groups is 1. The zero-order valence-electron chi connectivity index (χ0n) is 8.64. The van der Waals surface area contributed by atoms with Crippen LogP contribution in [0.3, 0.4) is 0 Å². The molecule has 7 nitrogen and oxygen atoms in total. The van der Waals surface area contributed by atoms with E-state index in [1.54, 1.807) is 6.92 Å². The summed E-state index contributed by atoms with van der Waals surface area (Å²) >= 11 is 0. The maximum absolute atomic E-state index is 10.7. The molecule has 0 bridgehead atoms. The predicted octanol–water partition coefficient (Wildman–Crippen LogP) is 1.18. The Bertz CT molecular complexity index is 419. The normalized spacial score (nSPS) is 9.81. The summed E-state index contributed by atoms with van der Waals surface area (Å²) in [5.74, 6) is -0.876. The van der Waals surface area contributed by atoms with Crippen LogP contribution in [-0.4, -0.2) is 27.5 Å². The monoisotopic (exact) mass is 225 g/mol. The molecular formula is C9H11N3O4. The van der Waals surface area contributed by atoms with E-state index in [1.165, 1.54) is 12.3 Å². The first-order valence-electron chi connectivity index (χ1n) is 4.57. The van der Waals surface area contributed by atoms with Gasteiger partial charge in [-0.05, 0) is 12.5 Å². The molecule has 0 atom stereocenters. The van der Waals surface area contributed by atoms with Crippen LogP contribution in [0.5, 0.6) is 0 Å². The minimum Gasteiger partial charge on any atom is -0.481 e. The van der Waals surface area contributed by atoms with Crippen molar-refractivity contribution in [3.05, 3.63) is 27.9 Å². The summed E-state index contributed by atoms with van der Waals surface area (Å²) in [4.78, 5) is 24.2.